The maximum Gasteiger partial charge on any atom is 0.118 e. The smallest absolute Gasteiger partial charge is 0.118 e. The highest BCUT2D eigenvalue weighted by atomic mass is 19.1. The van der Waals surface area contributed by atoms with Crippen LogP contribution in [-0.2, 0) is 0 Å². The molecule has 0 aromatic carbocycles. The number of rotatable bonds is 2. The second kappa shape index (κ2) is 3.41. The van der Waals surface area contributed by atoms with Gasteiger partial charge in [-0.05, 0) is 34.1 Å². The third-order valence-corrected chi connectivity index (χ3v) is 2.53. The number of nitrogens with zero attached hydrogens (tertiary/aromatic N) is 1. The third kappa shape index (κ3) is 3.11. The zero-order valence-electron chi connectivity index (χ0n) is 9.10. The fourth-order valence-electron chi connectivity index (χ4n) is 1.68. The normalized spacial score (nSPS) is 23.5. The highest BCUT2D eigenvalue weighted by molar-refractivity contribution is 5.02. The van der Waals surface area contributed by atoms with E-state index in [0.717, 1.165) is 13.0 Å². The number of hydrogen-bond donors (Lipinski definition) is 0. The molecule has 0 aromatic rings. The Morgan fingerprint density at radius 2 is 2.00 bits per heavy atom. The average Bonchev–Trinajstić information content (AvgIpc) is 1.91. The maximum absolute atomic E-state index is 13.5. The zero-order valence-corrected chi connectivity index (χ0v) is 9.10. The van der Waals surface area contributed by atoms with Gasteiger partial charge >= 0.3 is 0 Å². The Labute approximate surface area is 80.6 Å². The predicted octanol–water partition coefficient (Wildman–Crippen LogP) is 2.78. The molecular formula is C11H20FN. The van der Waals surface area contributed by atoms with Gasteiger partial charge < -0.3 is 0 Å². The molecule has 76 valence electrons. The third-order valence-electron chi connectivity index (χ3n) is 2.53. The van der Waals surface area contributed by atoms with Crippen LogP contribution in [0.4, 0.5) is 4.39 Å². The molecule has 1 aliphatic heterocycles. The van der Waals surface area contributed by atoms with E-state index in [2.05, 4.69) is 30.9 Å². The van der Waals surface area contributed by atoms with E-state index in [1.165, 1.54) is 0 Å². The van der Waals surface area contributed by atoms with E-state index in [1.807, 2.05) is 0 Å². The van der Waals surface area contributed by atoms with Gasteiger partial charge in [0.2, 0.25) is 0 Å². The summed E-state index contributed by atoms with van der Waals surface area (Å²) in [6, 6.07) is 0. The van der Waals surface area contributed by atoms with Crippen molar-refractivity contribution in [3.8, 4) is 0 Å². The molecule has 0 aliphatic carbocycles. The van der Waals surface area contributed by atoms with Gasteiger partial charge in [0.25, 0.3) is 0 Å². The molecule has 0 saturated carbocycles. The summed E-state index contributed by atoms with van der Waals surface area (Å²) in [4.78, 5) is 2.20. The lowest BCUT2D eigenvalue weighted by Gasteiger charge is -2.42. The van der Waals surface area contributed by atoms with Gasteiger partial charge in [0, 0.05) is 18.6 Å². The Bertz CT molecular complexity index is 201. The molecule has 0 radical (unpaired) electrons. The van der Waals surface area contributed by atoms with Gasteiger partial charge in [-0.1, -0.05) is 12.2 Å². The van der Waals surface area contributed by atoms with Crippen molar-refractivity contribution >= 4 is 0 Å². The van der Waals surface area contributed by atoms with Gasteiger partial charge in [0.15, 0.2) is 0 Å². The van der Waals surface area contributed by atoms with Crippen LogP contribution in [0.15, 0.2) is 12.2 Å². The van der Waals surface area contributed by atoms with E-state index in [0.29, 0.717) is 6.54 Å². The standard InChI is InChI=1S/C11H20FN/c1-10(2,12)9-13-8-6-5-7-11(13,3)4/h5-6H,7-9H2,1-4H3. The van der Waals surface area contributed by atoms with Crippen molar-refractivity contribution in [1.82, 2.24) is 4.90 Å². The van der Waals surface area contributed by atoms with E-state index < -0.39 is 5.67 Å². The lowest BCUT2D eigenvalue weighted by molar-refractivity contribution is 0.0578. The minimum absolute atomic E-state index is 0.109. The van der Waals surface area contributed by atoms with Gasteiger partial charge in [-0.25, -0.2) is 4.39 Å². The molecule has 0 spiro atoms. The van der Waals surface area contributed by atoms with Crippen molar-refractivity contribution in [2.75, 3.05) is 13.1 Å². The first kappa shape index (κ1) is 10.7. The largest absolute Gasteiger partial charge is 0.291 e. The Morgan fingerprint density at radius 1 is 1.38 bits per heavy atom. The van der Waals surface area contributed by atoms with Gasteiger partial charge in [-0.2, -0.15) is 0 Å². The van der Waals surface area contributed by atoms with Gasteiger partial charge in [0.1, 0.15) is 5.67 Å². The molecule has 1 rings (SSSR count). The maximum atomic E-state index is 13.5. The zero-order chi connectivity index (χ0) is 10.1. The van der Waals surface area contributed by atoms with Crippen LogP contribution >= 0.6 is 0 Å². The number of alkyl halides is 1. The summed E-state index contributed by atoms with van der Waals surface area (Å²) in [6.45, 7) is 9.01. The van der Waals surface area contributed by atoms with E-state index in [1.54, 1.807) is 13.8 Å². The molecule has 0 N–H and O–H groups in total. The lowest BCUT2D eigenvalue weighted by Crippen LogP contribution is -2.50. The van der Waals surface area contributed by atoms with Gasteiger partial charge in [-0.15, -0.1) is 0 Å². The Balaban J connectivity index is 2.63. The minimum Gasteiger partial charge on any atom is -0.291 e. The number of halogens is 1. The molecule has 0 amide bonds. The van der Waals surface area contributed by atoms with Crippen molar-refractivity contribution in [3.63, 3.8) is 0 Å². The molecule has 0 bridgehead atoms. The molecule has 1 heterocycles. The first-order valence-corrected chi connectivity index (χ1v) is 4.90. The van der Waals surface area contributed by atoms with Crippen LogP contribution in [0, 0.1) is 0 Å². The van der Waals surface area contributed by atoms with Crippen molar-refractivity contribution in [2.24, 2.45) is 0 Å². The van der Waals surface area contributed by atoms with Crippen molar-refractivity contribution in [3.05, 3.63) is 12.2 Å². The van der Waals surface area contributed by atoms with E-state index in [4.69, 9.17) is 0 Å². The van der Waals surface area contributed by atoms with Crippen LogP contribution in [0.2, 0.25) is 0 Å². The molecule has 13 heavy (non-hydrogen) atoms. The van der Waals surface area contributed by atoms with Gasteiger partial charge in [0.05, 0.1) is 0 Å². The fraction of sp³-hybridized carbons (Fsp3) is 0.818. The van der Waals surface area contributed by atoms with Crippen LogP contribution in [0.1, 0.15) is 34.1 Å². The molecular weight excluding hydrogens is 165 g/mol. The monoisotopic (exact) mass is 185 g/mol. The second-order valence-electron chi connectivity index (χ2n) is 5.09. The molecule has 0 fully saturated rings. The van der Waals surface area contributed by atoms with Gasteiger partial charge in [-0.3, -0.25) is 4.90 Å². The lowest BCUT2D eigenvalue weighted by atomic mass is 9.93. The molecule has 2 heteroatoms. The predicted molar refractivity (Wildman–Crippen MR) is 54.6 cm³/mol. The first-order valence-electron chi connectivity index (χ1n) is 4.90. The topological polar surface area (TPSA) is 3.24 Å². The molecule has 1 nitrogen and oxygen atoms in total. The van der Waals surface area contributed by atoms with E-state index >= 15 is 0 Å². The summed E-state index contributed by atoms with van der Waals surface area (Å²) in [5.41, 5.74) is -0.986. The van der Waals surface area contributed by atoms with Crippen LogP contribution in [0.5, 0.6) is 0 Å². The van der Waals surface area contributed by atoms with Crippen LogP contribution in [-0.4, -0.2) is 29.2 Å². The summed E-state index contributed by atoms with van der Waals surface area (Å²) in [7, 11) is 0. The summed E-state index contributed by atoms with van der Waals surface area (Å²) in [6.07, 6.45) is 5.32. The van der Waals surface area contributed by atoms with Crippen LogP contribution in [0.3, 0.4) is 0 Å². The summed E-state index contributed by atoms with van der Waals surface area (Å²) in [5, 5.41) is 0. The fourth-order valence-corrected chi connectivity index (χ4v) is 1.68. The van der Waals surface area contributed by atoms with Crippen molar-refractivity contribution in [2.45, 2.75) is 45.3 Å². The average molecular weight is 185 g/mol. The summed E-state index contributed by atoms with van der Waals surface area (Å²) in [5.74, 6) is 0. The quantitative estimate of drug-likeness (QED) is 0.598. The highest BCUT2D eigenvalue weighted by Crippen LogP contribution is 2.25. The van der Waals surface area contributed by atoms with E-state index in [9.17, 15) is 4.39 Å². The van der Waals surface area contributed by atoms with Crippen LogP contribution in [0.25, 0.3) is 0 Å². The van der Waals surface area contributed by atoms with Crippen molar-refractivity contribution < 1.29 is 4.39 Å². The van der Waals surface area contributed by atoms with E-state index in [-0.39, 0.29) is 5.54 Å². The van der Waals surface area contributed by atoms with Crippen LogP contribution < -0.4 is 0 Å². The molecule has 0 unspecified atom stereocenters. The molecule has 0 atom stereocenters. The summed E-state index contributed by atoms with van der Waals surface area (Å²) < 4.78 is 13.5. The highest BCUT2D eigenvalue weighted by Gasteiger charge is 2.31. The molecule has 0 aromatic heterocycles. The summed E-state index contributed by atoms with van der Waals surface area (Å²) >= 11 is 0. The number of hydrogen-bond acceptors (Lipinski definition) is 1. The molecule has 0 saturated heterocycles. The van der Waals surface area contributed by atoms with Crippen molar-refractivity contribution in [1.29, 1.82) is 0 Å². The Hall–Kier alpha value is -0.370. The SMILES string of the molecule is CC(C)(F)CN1CC=CCC1(C)C. The molecule has 1 aliphatic rings. The first-order chi connectivity index (χ1) is 5.81. The minimum atomic E-state index is -1.09. The Morgan fingerprint density at radius 3 is 2.46 bits per heavy atom. The second-order valence-corrected chi connectivity index (χ2v) is 5.09. The Kier molecular flexibility index (Phi) is 2.81.